The highest BCUT2D eigenvalue weighted by Gasteiger charge is 2.42. The van der Waals surface area contributed by atoms with Crippen LogP contribution < -0.4 is 10.6 Å². The van der Waals surface area contributed by atoms with Crippen molar-refractivity contribution in [3.63, 3.8) is 0 Å². The summed E-state index contributed by atoms with van der Waals surface area (Å²) in [5.74, 6) is -0.913. The van der Waals surface area contributed by atoms with Crippen LogP contribution in [0.25, 0.3) is 0 Å². The molecule has 0 bridgehead atoms. The van der Waals surface area contributed by atoms with E-state index in [1.54, 1.807) is 45.0 Å². The minimum atomic E-state index is -0.829. The number of likely N-dealkylation sites (tertiary alicyclic amines) is 1. The van der Waals surface area contributed by atoms with Crippen molar-refractivity contribution in [2.45, 2.75) is 44.9 Å². The first-order valence-corrected chi connectivity index (χ1v) is 8.83. The van der Waals surface area contributed by atoms with Crippen molar-refractivity contribution in [3.8, 4) is 0 Å². The maximum absolute atomic E-state index is 12.5. The fourth-order valence-corrected chi connectivity index (χ4v) is 2.88. The minimum absolute atomic E-state index is 0.130. The Hall–Kier alpha value is -3.10. The molecule has 1 aliphatic heterocycles. The molecule has 0 aliphatic carbocycles. The molecular formula is C19H25N3O6. The third-order valence-electron chi connectivity index (χ3n) is 4.11. The number of nitrogens with one attached hydrogen (secondary N) is 2. The number of benzene rings is 1. The van der Waals surface area contributed by atoms with E-state index in [0.717, 1.165) is 0 Å². The molecule has 28 heavy (non-hydrogen) atoms. The number of carbonyl (C=O) groups excluding carboxylic acids is 4. The van der Waals surface area contributed by atoms with Gasteiger partial charge in [-0.1, -0.05) is 0 Å². The largest absolute Gasteiger partial charge is 0.467 e. The lowest BCUT2D eigenvalue weighted by Crippen LogP contribution is -2.44. The number of nitrogens with zero attached hydrogens (tertiary/aromatic N) is 1. The van der Waals surface area contributed by atoms with Crippen molar-refractivity contribution >= 4 is 30.1 Å². The van der Waals surface area contributed by atoms with Crippen LogP contribution >= 0.6 is 0 Å². The summed E-state index contributed by atoms with van der Waals surface area (Å²) in [5.41, 5.74) is 0.243. The van der Waals surface area contributed by atoms with Crippen LogP contribution in [0.15, 0.2) is 24.3 Å². The first-order chi connectivity index (χ1) is 13.1. The summed E-state index contributed by atoms with van der Waals surface area (Å²) >= 11 is 0. The van der Waals surface area contributed by atoms with E-state index in [2.05, 4.69) is 10.6 Å². The fourth-order valence-electron chi connectivity index (χ4n) is 2.88. The van der Waals surface area contributed by atoms with Crippen LogP contribution in [0.2, 0.25) is 0 Å². The van der Waals surface area contributed by atoms with Gasteiger partial charge in [-0.3, -0.25) is 14.5 Å². The molecule has 9 nitrogen and oxygen atoms in total. The first-order valence-electron chi connectivity index (χ1n) is 8.83. The molecule has 1 saturated heterocycles. The highest BCUT2D eigenvalue weighted by Crippen LogP contribution is 2.23. The second-order valence-electron chi connectivity index (χ2n) is 7.42. The van der Waals surface area contributed by atoms with Gasteiger partial charge in [-0.05, 0) is 45.0 Å². The molecule has 9 heteroatoms. The fraction of sp³-hybridized carbons (Fsp3) is 0.474. The molecule has 2 rings (SSSR count). The molecule has 2 atom stereocenters. The van der Waals surface area contributed by atoms with Gasteiger partial charge in [0.2, 0.25) is 6.41 Å². The number of anilines is 1. The van der Waals surface area contributed by atoms with Gasteiger partial charge in [0, 0.05) is 30.3 Å². The molecule has 1 aromatic carbocycles. The van der Waals surface area contributed by atoms with E-state index in [0.29, 0.717) is 17.7 Å². The molecule has 0 unspecified atom stereocenters. The van der Waals surface area contributed by atoms with Crippen molar-refractivity contribution in [2.75, 3.05) is 19.0 Å². The monoisotopic (exact) mass is 391 g/mol. The third kappa shape index (κ3) is 5.45. The van der Waals surface area contributed by atoms with Crippen molar-refractivity contribution in [1.82, 2.24) is 10.2 Å². The van der Waals surface area contributed by atoms with Gasteiger partial charge in [0.05, 0.1) is 7.11 Å². The summed E-state index contributed by atoms with van der Waals surface area (Å²) in [7, 11) is 1.25. The second kappa shape index (κ2) is 8.73. The quantitative estimate of drug-likeness (QED) is 0.581. The summed E-state index contributed by atoms with van der Waals surface area (Å²) in [6.45, 7) is 5.33. The Morgan fingerprint density at radius 2 is 1.82 bits per heavy atom. The summed E-state index contributed by atoms with van der Waals surface area (Å²) in [5, 5.41) is 5.30. The number of hydrogen-bond donors (Lipinski definition) is 2. The average molecular weight is 391 g/mol. The number of ether oxygens (including phenoxy) is 2. The van der Waals surface area contributed by atoms with Gasteiger partial charge in [0.1, 0.15) is 11.6 Å². The van der Waals surface area contributed by atoms with Crippen molar-refractivity contribution < 1.29 is 28.7 Å². The van der Waals surface area contributed by atoms with E-state index in [4.69, 9.17) is 9.47 Å². The number of methoxy groups -OCH3 is 1. The second-order valence-corrected chi connectivity index (χ2v) is 7.42. The minimum Gasteiger partial charge on any atom is -0.467 e. The van der Waals surface area contributed by atoms with E-state index >= 15 is 0 Å². The van der Waals surface area contributed by atoms with Crippen LogP contribution in [0.1, 0.15) is 37.6 Å². The third-order valence-corrected chi connectivity index (χ3v) is 4.11. The number of hydrogen-bond acceptors (Lipinski definition) is 6. The molecule has 0 radical (unpaired) electrons. The lowest BCUT2D eigenvalue weighted by molar-refractivity contribution is -0.145. The van der Waals surface area contributed by atoms with Gasteiger partial charge in [-0.25, -0.2) is 9.59 Å². The Balaban J connectivity index is 2.07. The molecule has 1 heterocycles. The number of carbonyl (C=O) groups is 4. The van der Waals surface area contributed by atoms with Crippen molar-refractivity contribution in [1.29, 1.82) is 0 Å². The predicted octanol–water partition coefficient (Wildman–Crippen LogP) is 1.54. The van der Waals surface area contributed by atoms with Gasteiger partial charge in [-0.2, -0.15) is 0 Å². The average Bonchev–Trinajstić information content (AvgIpc) is 3.04. The topological polar surface area (TPSA) is 114 Å². The Labute approximate surface area is 163 Å². The van der Waals surface area contributed by atoms with E-state index in [1.807, 2.05) is 0 Å². The van der Waals surface area contributed by atoms with Gasteiger partial charge in [-0.15, -0.1) is 0 Å². The molecule has 1 aromatic rings. The smallest absolute Gasteiger partial charge is 0.411 e. The maximum atomic E-state index is 12.5. The van der Waals surface area contributed by atoms with E-state index in [1.165, 1.54) is 12.0 Å². The van der Waals surface area contributed by atoms with E-state index in [-0.39, 0.29) is 18.9 Å². The Kier molecular flexibility index (Phi) is 6.61. The van der Waals surface area contributed by atoms with Crippen LogP contribution in [-0.4, -0.2) is 60.6 Å². The molecule has 152 valence electrons. The van der Waals surface area contributed by atoms with Crippen LogP contribution in [0.3, 0.4) is 0 Å². The maximum Gasteiger partial charge on any atom is 0.411 e. The molecule has 0 spiro atoms. The summed E-state index contributed by atoms with van der Waals surface area (Å²) in [4.78, 5) is 48.7. The zero-order valence-electron chi connectivity index (χ0n) is 16.4. The Morgan fingerprint density at radius 3 is 2.36 bits per heavy atom. The summed E-state index contributed by atoms with van der Waals surface area (Å²) in [6, 6.07) is 5.07. The Bertz CT molecular complexity index is 741. The van der Waals surface area contributed by atoms with Gasteiger partial charge < -0.3 is 20.1 Å². The molecule has 3 amide bonds. The Morgan fingerprint density at radius 1 is 1.18 bits per heavy atom. The van der Waals surface area contributed by atoms with Crippen LogP contribution in [0.4, 0.5) is 10.5 Å². The standard InChI is InChI=1S/C19H25N3O6/c1-19(2,3)28-18(26)22-10-14(9-15(22)17(25)27-4)21-16(24)12-5-7-13(8-6-12)20-11-23/h5-8,11,14-15H,9-10H2,1-4H3,(H,20,23)(H,21,24)/t14-,15+/m1/s1. The zero-order valence-corrected chi connectivity index (χ0v) is 16.4. The lowest BCUT2D eigenvalue weighted by Gasteiger charge is -2.27. The SMILES string of the molecule is COC(=O)[C@@H]1C[C@@H](NC(=O)c2ccc(NC=O)cc2)CN1C(=O)OC(C)(C)C. The van der Waals surface area contributed by atoms with Gasteiger partial charge in [0.15, 0.2) is 0 Å². The highest BCUT2D eigenvalue weighted by atomic mass is 16.6. The van der Waals surface area contributed by atoms with Crippen molar-refractivity contribution in [3.05, 3.63) is 29.8 Å². The van der Waals surface area contributed by atoms with E-state index in [9.17, 15) is 19.2 Å². The van der Waals surface area contributed by atoms with Gasteiger partial charge >= 0.3 is 12.1 Å². The van der Waals surface area contributed by atoms with Crippen LogP contribution in [0.5, 0.6) is 0 Å². The number of rotatable bonds is 5. The van der Waals surface area contributed by atoms with Crippen molar-refractivity contribution in [2.24, 2.45) is 0 Å². The molecule has 1 fully saturated rings. The van der Waals surface area contributed by atoms with Crippen LogP contribution in [-0.2, 0) is 19.1 Å². The molecule has 0 aromatic heterocycles. The van der Waals surface area contributed by atoms with E-state index < -0.39 is 29.7 Å². The summed E-state index contributed by atoms with van der Waals surface area (Å²) < 4.78 is 10.1. The summed E-state index contributed by atoms with van der Waals surface area (Å²) in [6.07, 6.45) is 0.137. The van der Waals surface area contributed by atoms with Crippen LogP contribution in [0, 0.1) is 0 Å². The molecule has 1 aliphatic rings. The zero-order chi connectivity index (χ0) is 20.9. The predicted molar refractivity (Wildman–Crippen MR) is 101 cm³/mol. The first kappa shape index (κ1) is 21.2. The number of amides is 3. The molecule has 2 N–H and O–H groups in total. The number of esters is 1. The highest BCUT2D eigenvalue weighted by molar-refractivity contribution is 5.95. The molecular weight excluding hydrogens is 366 g/mol. The molecule has 0 saturated carbocycles. The normalized spacial score (nSPS) is 18.9. The van der Waals surface area contributed by atoms with Gasteiger partial charge in [0.25, 0.3) is 5.91 Å². The lowest BCUT2D eigenvalue weighted by atomic mass is 10.1.